The highest BCUT2D eigenvalue weighted by atomic mass is 16.6. The minimum atomic E-state index is -0.510. The molecule has 29 heavy (non-hydrogen) atoms. The van der Waals surface area contributed by atoms with Gasteiger partial charge in [-0.2, -0.15) is 0 Å². The van der Waals surface area contributed by atoms with Crippen LogP contribution in [0.4, 0.5) is 22.0 Å². The number of hydrogen-bond donors (Lipinski definition) is 3. The lowest BCUT2D eigenvalue weighted by Gasteiger charge is -2.36. The molecule has 2 aromatic rings. The molecule has 0 saturated carbocycles. The fourth-order valence-corrected chi connectivity index (χ4v) is 3.50. The molecular formula is C20H25N5O4. The Kier molecular flexibility index (Phi) is 6.96. The molecule has 1 aliphatic rings. The van der Waals surface area contributed by atoms with Crippen LogP contribution in [-0.4, -0.2) is 40.2 Å². The number of nitro benzene ring substituents is 1. The standard InChI is InChI=1S/C20H25N5O4/c26-11-9-17-5-1-2-10-24(17)19-8-7-15(13-21-19)14-22-20(27)23-16-4-3-6-18(12-16)25(28)29/h3-4,6-8,12-13,17,26H,1-2,5,9-11,14H2,(H2,22,23,27). The number of nitrogens with zero attached hydrogens (tertiary/aromatic N) is 3. The molecule has 2 heterocycles. The van der Waals surface area contributed by atoms with Gasteiger partial charge in [0.05, 0.1) is 4.92 Å². The molecule has 1 aromatic carbocycles. The molecule has 1 saturated heterocycles. The molecule has 0 spiro atoms. The Morgan fingerprint density at radius 2 is 2.17 bits per heavy atom. The number of rotatable bonds is 7. The Bertz CT molecular complexity index is 841. The number of benzene rings is 1. The second-order valence-electron chi connectivity index (χ2n) is 7.00. The largest absolute Gasteiger partial charge is 0.396 e. The second-order valence-corrected chi connectivity index (χ2v) is 7.00. The van der Waals surface area contributed by atoms with Gasteiger partial charge in [-0.15, -0.1) is 0 Å². The van der Waals surface area contributed by atoms with Gasteiger partial charge in [-0.1, -0.05) is 12.1 Å². The van der Waals surface area contributed by atoms with E-state index < -0.39 is 11.0 Å². The molecule has 0 aliphatic carbocycles. The molecule has 154 valence electrons. The van der Waals surface area contributed by atoms with Crippen LogP contribution < -0.4 is 15.5 Å². The average Bonchev–Trinajstić information content (AvgIpc) is 2.73. The zero-order chi connectivity index (χ0) is 20.6. The maximum absolute atomic E-state index is 12.1. The van der Waals surface area contributed by atoms with E-state index in [1.54, 1.807) is 12.3 Å². The van der Waals surface area contributed by atoms with E-state index >= 15 is 0 Å². The summed E-state index contributed by atoms with van der Waals surface area (Å²) in [6.45, 7) is 1.39. The Morgan fingerprint density at radius 1 is 1.31 bits per heavy atom. The summed E-state index contributed by atoms with van der Waals surface area (Å²) < 4.78 is 0. The van der Waals surface area contributed by atoms with E-state index in [4.69, 9.17) is 0 Å². The normalized spacial score (nSPS) is 16.3. The van der Waals surface area contributed by atoms with Crippen LogP contribution in [0.2, 0.25) is 0 Å². The molecule has 3 rings (SSSR count). The van der Waals surface area contributed by atoms with Crippen molar-refractivity contribution in [2.75, 3.05) is 23.4 Å². The number of amides is 2. The lowest BCUT2D eigenvalue weighted by Crippen LogP contribution is -2.40. The highest BCUT2D eigenvalue weighted by molar-refractivity contribution is 5.89. The lowest BCUT2D eigenvalue weighted by molar-refractivity contribution is -0.384. The molecule has 3 N–H and O–H groups in total. The van der Waals surface area contributed by atoms with Crippen LogP contribution >= 0.6 is 0 Å². The highest BCUT2D eigenvalue weighted by Crippen LogP contribution is 2.25. The van der Waals surface area contributed by atoms with E-state index in [-0.39, 0.29) is 18.8 Å². The second kappa shape index (κ2) is 9.83. The van der Waals surface area contributed by atoms with Crippen LogP contribution in [0.5, 0.6) is 0 Å². The molecule has 0 radical (unpaired) electrons. The zero-order valence-electron chi connectivity index (χ0n) is 16.1. The van der Waals surface area contributed by atoms with Gasteiger partial charge in [0.25, 0.3) is 5.69 Å². The van der Waals surface area contributed by atoms with E-state index in [9.17, 15) is 20.0 Å². The Morgan fingerprint density at radius 3 is 2.90 bits per heavy atom. The van der Waals surface area contributed by atoms with E-state index in [1.165, 1.54) is 24.6 Å². The van der Waals surface area contributed by atoms with Gasteiger partial charge in [0, 0.05) is 49.8 Å². The van der Waals surface area contributed by atoms with Gasteiger partial charge in [0.15, 0.2) is 0 Å². The monoisotopic (exact) mass is 399 g/mol. The van der Waals surface area contributed by atoms with Crippen LogP contribution in [0.25, 0.3) is 0 Å². The van der Waals surface area contributed by atoms with Crippen molar-refractivity contribution in [1.82, 2.24) is 10.3 Å². The summed E-state index contributed by atoms with van der Waals surface area (Å²) >= 11 is 0. The summed E-state index contributed by atoms with van der Waals surface area (Å²) in [5.41, 5.74) is 1.11. The first-order valence-electron chi connectivity index (χ1n) is 9.68. The van der Waals surface area contributed by atoms with Gasteiger partial charge < -0.3 is 20.6 Å². The van der Waals surface area contributed by atoms with Crippen molar-refractivity contribution in [3.63, 3.8) is 0 Å². The number of nitrogens with one attached hydrogen (secondary N) is 2. The highest BCUT2D eigenvalue weighted by Gasteiger charge is 2.22. The third-order valence-corrected chi connectivity index (χ3v) is 4.96. The third kappa shape index (κ3) is 5.64. The summed E-state index contributed by atoms with van der Waals surface area (Å²) in [6, 6.07) is 9.48. The molecule has 1 aromatic heterocycles. The quantitative estimate of drug-likeness (QED) is 0.486. The van der Waals surface area contributed by atoms with E-state index in [2.05, 4.69) is 20.5 Å². The van der Waals surface area contributed by atoms with E-state index in [1.807, 2.05) is 12.1 Å². The van der Waals surface area contributed by atoms with Crippen molar-refractivity contribution in [2.24, 2.45) is 0 Å². The summed E-state index contributed by atoms with van der Waals surface area (Å²) in [5.74, 6) is 0.882. The number of aliphatic hydroxyl groups excluding tert-OH is 1. The molecule has 1 atom stereocenters. The van der Waals surface area contributed by atoms with Gasteiger partial charge in [0.2, 0.25) is 0 Å². The third-order valence-electron chi connectivity index (χ3n) is 4.96. The molecule has 1 unspecified atom stereocenters. The van der Waals surface area contributed by atoms with Crippen molar-refractivity contribution in [3.8, 4) is 0 Å². The van der Waals surface area contributed by atoms with E-state index in [0.29, 0.717) is 11.7 Å². The maximum atomic E-state index is 12.1. The molecule has 9 heteroatoms. The minimum Gasteiger partial charge on any atom is -0.396 e. The molecule has 1 aliphatic heterocycles. The predicted molar refractivity (Wildman–Crippen MR) is 110 cm³/mol. The number of piperidine rings is 1. The Labute approximate surface area is 168 Å². The number of hydrogen-bond acceptors (Lipinski definition) is 6. The topological polar surface area (TPSA) is 121 Å². The molecule has 0 bridgehead atoms. The van der Waals surface area contributed by atoms with Crippen LogP contribution in [0.1, 0.15) is 31.2 Å². The average molecular weight is 399 g/mol. The Hall–Kier alpha value is -3.20. The van der Waals surface area contributed by atoms with Gasteiger partial charge in [-0.3, -0.25) is 10.1 Å². The number of nitro groups is 1. The number of pyridine rings is 1. The smallest absolute Gasteiger partial charge is 0.319 e. The summed E-state index contributed by atoms with van der Waals surface area (Å²) in [4.78, 5) is 29.1. The van der Waals surface area contributed by atoms with Crippen molar-refractivity contribution in [3.05, 3.63) is 58.3 Å². The molecule has 2 amide bonds. The van der Waals surface area contributed by atoms with Crippen LogP contribution in [0.15, 0.2) is 42.6 Å². The SMILES string of the molecule is O=C(NCc1ccc(N2CCCCC2CCO)nc1)Nc1cccc([N+](=O)[O-])c1. The summed E-state index contributed by atoms with van der Waals surface area (Å²) in [7, 11) is 0. The van der Waals surface area contributed by atoms with Gasteiger partial charge >= 0.3 is 6.03 Å². The van der Waals surface area contributed by atoms with E-state index in [0.717, 1.165) is 37.2 Å². The number of carbonyl (C=O) groups is 1. The zero-order valence-corrected chi connectivity index (χ0v) is 16.1. The van der Waals surface area contributed by atoms with Crippen LogP contribution in [-0.2, 0) is 6.54 Å². The number of non-ortho nitro benzene ring substituents is 1. The van der Waals surface area contributed by atoms with Crippen molar-refractivity contribution in [2.45, 2.75) is 38.3 Å². The minimum absolute atomic E-state index is 0.0835. The summed E-state index contributed by atoms with van der Waals surface area (Å²) in [5, 5.41) is 25.4. The fraction of sp³-hybridized carbons (Fsp3) is 0.400. The number of urea groups is 1. The van der Waals surface area contributed by atoms with Crippen LogP contribution in [0, 0.1) is 10.1 Å². The molecule has 1 fully saturated rings. The van der Waals surface area contributed by atoms with Crippen molar-refractivity contribution >= 4 is 23.2 Å². The first-order chi connectivity index (χ1) is 14.1. The molecular weight excluding hydrogens is 374 g/mol. The van der Waals surface area contributed by atoms with Crippen LogP contribution in [0.3, 0.4) is 0 Å². The first-order valence-corrected chi connectivity index (χ1v) is 9.68. The van der Waals surface area contributed by atoms with Gasteiger partial charge in [0.1, 0.15) is 5.82 Å². The summed E-state index contributed by atoms with van der Waals surface area (Å²) in [6.07, 6.45) is 5.81. The first kappa shape index (κ1) is 20.5. The predicted octanol–water partition coefficient (Wildman–Crippen LogP) is 3.05. The van der Waals surface area contributed by atoms with Crippen molar-refractivity contribution < 1.29 is 14.8 Å². The fourth-order valence-electron chi connectivity index (χ4n) is 3.50. The van der Waals surface area contributed by atoms with Crippen molar-refractivity contribution in [1.29, 1.82) is 0 Å². The lowest BCUT2D eigenvalue weighted by atomic mass is 9.99. The van der Waals surface area contributed by atoms with Gasteiger partial charge in [-0.05, 0) is 43.4 Å². The maximum Gasteiger partial charge on any atom is 0.319 e. The number of carbonyl (C=O) groups excluding carboxylic acids is 1. The molecule has 9 nitrogen and oxygen atoms in total. The Balaban J connectivity index is 1.54. The number of aliphatic hydroxyl groups is 1. The number of aromatic nitrogens is 1. The number of anilines is 2. The van der Waals surface area contributed by atoms with Gasteiger partial charge in [-0.25, -0.2) is 9.78 Å².